The van der Waals surface area contributed by atoms with Crippen molar-refractivity contribution in [1.82, 2.24) is 4.98 Å². The first-order valence-corrected chi connectivity index (χ1v) is 11.1. The van der Waals surface area contributed by atoms with Crippen LogP contribution in [0.1, 0.15) is 29.6 Å². The Morgan fingerprint density at radius 2 is 1.76 bits per heavy atom. The van der Waals surface area contributed by atoms with Gasteiger partial charge < -0.3 is 20.3 Å². The van der Waals surface area contributed by atoms with Gasteiger partial charge in [-0.15, -0.1) is 0 Å². The number of ether oxygens (including phenoxy) is 1. The minimum Gasteiger partial charge on any atom is -0.452 e. The number of anilines is 2. The van der Waals surface area contributed by atoms with Crippen LogP contribution in [-0.2, 0) is 14.3 Å². The highest BCUT2D eigenvalue weighted by atomic mass is 19.1. The molecule has 0 unspecified atom stereocenters. The van der Waals surface area contributed by atoms with Crippen LogP contribution in [-0.4, -0.2) is 49.0 Å². The number of hydrogen-bond donors (Lipinski definition) is 1. The molecule has 1 fully saturated rings. The van der Waals surface area contributed by atoms with E-state index in [1.165, 1.54) is 29.2 Å². The molecular formula is C25H25FN4O4. The molecule has 2 amide bonds. The average Bonchev–Trinajstić information content (AvgIpc) is 3.37. The summed E-state index contributed by atoms with van der Waals surface area (Å²) in [6.07, 6.45) is 1.92. The number of pyridine rings is 1. The van der Waals surface area contributed by atoms with E-state index in [0.717, 1.165) is 36.8 Å². The summed E-state index contributed by atoms with van der Waals surface area (Å²) in [5.74, 6) is -1.73. The number of halogens is 1. The predicted molar refractivity (Wildman–Crippen MR) is 126 cm³/mol. The number of esters is 1. The van der Waals surface area contributed by atoms with E-state index in [0.29, 0.717) is 17.1 Å². The molecule has 1 saturated heterocycles. The molecule has 2 N–H and O–H groups in total. The molecule has 0 radical (unpaired) electrons. The largest absolute Gasteiger partial charge is 0.452 e. The molecule has 0 spiro atoms. The zero-order valence-corrected chi connectivity index (χ0v) is 18.6. The van der Waals surface area contributed by atoms with Gasteiger partial charge in [0.15, 0.2) is 6.61 Å². The number of rotatable bonds is 8. The summed E-state index contributed by atoms with van der Waals surface area (Å²) in [6, 6.07) is 14.4. The van der Waals surface area contributed by atoms with Crippen molar-refractivity contribution in [1.29, 1.82) is 0 Å². The molecule has 4 rings (SSSR count). The van der Waals surface area contributed by atoms with E-state index in [4.69, 9.17) is 10.5 Å². The second-order valence-electron chi connectivity index (χ2n) is 8.06. The van der Waals surface area contributed by atoms with E-state index < -0.39 is 30.2 Å². The van der Waals surface area contributed by atoms with Gasteiger partial charge in [0.1, 0.15) is 17.2 Å². The van der Waals surface area contributed by atoms with E-state index >= 15 is 0 Å². The number of hydrogen-bond acceptors (Lipinski definition) is 6. The monoisotopic (exact) mass is 464 g/mol. The number of primary amides is 1. The Balaban J connectivity index is 1.54. The molecule has 0 aliphatic carbocycles. The van der Waals surface area contributed by atoms with Gasteiger partial charge in [0.05, 0.1) is 5.52 Å². The summed E-state index contributed by atoms with van der Waals surface area (Å²) in [7, 11) is 0. The van der Waals surface area contributed by atoms with Gasteiger partial charge in [-0.1, -0.05) is 18.2 Å². The van der Waals surface area contributed by atoms with E-state index in [1.54, 1.807) is 6.07 Å². The van der Waals surface area contributed by atoms with Crippen LogP contribution in [0.3, 0.4) is 0 Å². The highest BCUT2D eigenvalue weighted by Crippen LogP contribution is 2.27. The van der Waals surface area contributed by atoms with Crippen molar-refractivity contribution in [3.05, 3.63) is 66.0 Å². The molecule has 3 aromatic rings. The van der Waals surface area contributed by atoms with Crippen LogP contribution in [0.2, 0.25) is 0 Å². The lowest BCUT2D eigenvalue weighted by atomic mass is 10.1. The molecule has 2 aromatic carbocycles. The first-order valence-electron chi connectivity index (χ1n) is 11.1. The lowest BCUT2D eigenvalue weighted by Gasteiger charge is -2.23. The number of aromatic nitrogens is 1. The molecule has 1 aliphatic rings. The Kier molecular flexibility index (Phi) is 7.01. The van der Waals surface area contributed by atoms with Crippen LogP contribution in [0.5, 0.6) is 0 Å². The highest BCUT2D eigenvalue weighted by Gasteiger charge is 2.25. The second kappa shape index (κ2) is 10.3. The predicted octanol–water partition coefficient (Wildman–Crippen LogP) is 3.04. The van der Waals surface area contributed by atoms with E-state index in [9.17, 15) is 18.8 Å². The third kappa shape index (κ3) is 5.31. The Morgan fingerprint density at radius 1 is 1.06 bits per heavy atom. The SMILES string of the molecule is NC(=O)CCN(C(=O)COC(=O)c1cc2ccccc2nc1N1CCCC1)c1ccc(F)cc1. The van der Waals surface area contributed by atoms with Crippen molar-refractivity contribution in [2.45, 2.75) is 19.3 Å². The van der Waals surface area contributed by atoms with Crippen molar-refractivity contribution in [3.8, 4) is 0 Å². The number of benzene rings is 2. The maximum absolute atomic E-state index is 13.3. The molecule has 1 aliphatic heterocycles. The normalized spacial score (nSPS) is 13.1. The average molecular weight is 464 g/mol. The lowest BCUT2D eigenvalue weighted by molar-refractivity contribution is -0.121. The smallest absolute Gasteiger partial charge is 0.342 e. The zero-order chi connectivity index (χ0) is 24.1. The Bertz CT molecular complexity index is 1210. The number of nitrogens with zero attached hydrogens (tertiary/aromatic N) is 3. The van der Waals surface area contributed by atoms with Crippen molar-refractivity contribution >= 4 is 40.2 Å². The van der Waals surface area contributed by atoms with Gasteiger partial charge in [0.25, 0.3) is 5.91 Å². The number of carbonyl (C=O) groups excluding carboxylic acids is 3. The fraction of sp³-hybridized carbons (Fsp3) is 0.280. The van der Waals surface area contributed by atoms with E-state index in [2.05, 4.69) is 4.98 Å². The topological polar surface area (TPSA) is 106 Å². The maximum atomic E-state index is 13.3. The Hall–Kier alpha value is -4.01. The summed E-state index contributed by atoms with van der Waals surface area (Å²) >= 11 is 0. The van der Waals surface area contributed by atoms with Gasteiger partial charge in [-0.3, -0.25) is 9.59 Å². The van der Waals surface area contributed by atoms with Gasteiger partial charge >= 0.3 is 5.97 Å². The fourth-order valence-corrected chi connectivity index (χ4v) is 3.95. The number of amides is 2. The maximum Gasteiger partial charge on any atom is 0.342 e. The van der Waals surface area contributed by atoms with E-state index in [1.807, 2.05) is 29.2 Å². The summed E-state index contributed by atoms with van der Waals surface area (Å²) in [4.78, 5) is 45.2. The molecular weight excluding hydrogens is 439 g/mol. The standard InChI is InChI=1S/C25H25FN4O4/c26-18-7-9-19(10-8-18)30(14-11-22(27)31)23(32)16-34-25(33)20-15-17-5-1-2-6-21(17)28-24(20)29-12-3-4-13-29/h1-2,5-10,15H,3-4,11-14,16H2,(H2,27,31). The van der Waals surface area contributed by atoms with Gasteiger partial charge in [0.2, 0.25) is 5.91 Å². The molecule has 0 saturated carbocycles. The van der Waals surface area contributed by atoms with E-state index in [-0.39, 0.29) is 13.0 Å². The van der Waals surface area contributed by atoms with Crippen LogP contribution in [0.25, 0.3) is 10.9 Å². The van der Waals surface area contributed by atoms with Crippen molar-refractivity contribution in [2.75, 3.05) is 36.0 Å². The van der Waals surface area contributed by atoms with Gasteiger partial charge in [-0.05, 0) is 49.2 Å². The second-order valence-corrected chi connectivity index (χ2v) is 8.06. The van der Waals surface area contributed by atoms with Crippen molar-refractivity contribution in [3.63, 3.8) is 0 Å². The molecule has 34 heavy (non-hydrogen) atoms. The number of carbonyl (C=O) groups is 3. The summed E-state index contributed by atoms with van der Waals surface area (Å²) in [6.45, 7) is 1.00. The number of nitrogens with two attached hydrogens (primary N) is 1. The summed E-state index contributed by atoms with van der Waals surface area (Å²) < 4.78 is 18.7. The van der Waals surface area contributed by atoms with Crippen molar-refractivity contribution in [2.24, 2.45) is 5.73 Å². The molecule has 9 heteroatoms. The fourth-order valence-electron chi connectivity index (χ4n) is 3.95. The number of fused-ring (bicyclic) bond motifs is 1. The Labute approximate surface area is 196 Å². The lowest BCUT2D eigenvalue weighted by Crippen LogP contribution is -2.37. The third-order valence-electron chi connectivity index (χ3n) is 5.68. The molecule has 0 atom stereocenters. The molecule has 0 bridgehead atoms. The molecule has 2 heterocycles. The van der Waals surface area contributed by atoms with Crippen LogP contribution in [0.15, 0.2) is 54.6 Å². The Morgan fingerprint density at radius 3 is 2.47 bits per heavy atom. The highest BCUT2D eigenvalue weighted by molar-refractivity contribution is 6.01. The van der Waals surface area contributed by atoms with Crippen LogP contribution in [0, 0.1) is 5.82 Å². The molecule has 1 aromatic heterocycles. The first kappa shape index (κ1) is 23.2. The quantitative estimate of drug-likeness (QED) is 0.514. The van der Waals surface area contributed by atoms with Crippen LogP contribution < -0.4 is 15.5 Å². The van der Waals surface area contributed by atoms with Gasteiger partial charge in [-0.2, -0.15) is 0 Å². The zero-order valence-electron chi connectivity index (χ0n) is 18.6. The van der Waals surface area contributed by atoms with Crippen LogP contribution in [0.4, 0.5) is 15.9 Å². The molecule has 8 nitrogen and oxygen atoms in total. The van der Waals surface area contributed by atoms with Crippen LogP contribution >= 0.6 is 0 Å². The molecule has 176 valence electrons. The number of para-hydroxylation sites is 1. The summed E-state index contributed by atoms with van der Waals surface area (Å²) in [5.41, 5.74) is 6.66. The first-order chi connectivity index (χ1) is 16.4. The summed E-state index contributed by atoms with van der Waals surface area (Å²) in [5, 5.41) is 0.790. The minimum absolute atomic E-state index is 0.0199. The van der Waals surface area contributed by atoms with Crippen molar-refractivity contribution < 1.29 is 23.5 Å². The third-order valence-corrected chi connectivity index (χ3v) is 5.68. The minimum atomic E-state index is -0.664. The van der Waals surface area contributed by atoms with Gasteiger partial charge in [-0.25, -0.2) is 14.2 Å². The van der Waals surface area contributed by atoms with Gasteiger partial charge in [0, 0.05) is 37.1 Å².